The van der Waals surface area contributed by atoms with Gasteiger partial charge in [0.05, 0.1) is 0 Å². The summed E-state index contributed by atoms with van der Waals surface area (Å²) in [6.45, 7) is 2.00. The molecule has 0 aromatic heterocycles. The average Bonchev–Trinajstić information content (AvgIpc) is 1.88. The Morgan fingerprint density at radius 2 is 2.30 bits per heavy atom. The number of allylic oxidation sites excluding steroid dienone is 2. The van der Waals surface area contributed by atoms with Crippen molar-refractivity contribution in [2.45, 2.75) is 6.92 Å². The van der Waals surface area contributed by atoms with Crippen LogP contribution >= 0.6 is 0 Å². The van der Waals surface area contributed by atoms with Crippen molar-refractivity contribution >= 4 is 0 Å². The Hall–Kier alpha value is -0.960. The summed E-state index contributed by atoms with van der Waals surface area (Å²) >= 11 is 0. The van der Waals surface area contributed by atoms with Crippen LogP contribution in [0.2, 0.25) is 0 Å². The van der Waals surface area contributed by atoms with Gasteiger partial charge in [-0.25, -0.2) is 0 Å². The second-order valence-electron chi connectivity index (χ2n) is 1.86. The molecule has 3 heteroatoms. The summed E-state index contributed by atoms with van der Waals surface area (Å²) in [7, 11) is 1.51. The zero-order chi connectivity index (χ0) is 7.98. The largest absolute Gasteiger partial charge is 0.510 e. The van der Waals surface area contributed by atoms with Gasteiger partial charge in [-0.05, 0) is 6.92 Å². The molecule has 0 spiro atoms. The van der Waals surface area contributed by atoms with Gasteiger partial charge in [-0.1, -0.05) is 6.08 Å². The van der Waals surface area contributed by atoms with E-state index in [1.807, 2.05) is 0 Å². The summed E-state index contributed by atoms with van der Waals surface area (Å²) in [5, 5.41) is 8.97. The average molecular weight is 143 g/mol. The minimum absolute atomic E-state index is 0.137. The first-order valence-corrected chi connectivity index (χ1v) is 3.01. The van der Waals surface area contributed by atoms with E-state index in [-0.39, 0.29) is 12.4 Å². The van der Waals surface area contributed by atoms with E-state index in [9.17, 15) is 0 Å². The minimum atomic E-state index is 0.137. The number of ether oxygens (including phenoxy) is 1. The van der Waals surface area contributed by atoms with Crippen molar-refractivity contribution in [3.63, 3.8) is 0 Å². The predicted molar refractivity (Wildman–Crippen MR) is 40.5 cm³/mol. The maximum absolute atomic E-state index is 8.97. The lowest BCUT2D eigenvalue weighted by Gasteiger charge is -1.96. The highest BCUT2D eigenvalue weighted by molar-refractivity contribution is 5.16. The van der Waals surface area contributed by atoms with Crippen molar-refractivity contribution in [3.05, 3.63) is 23.6 Å². The van der Waals surface area contributed by atoms with E-state index in [1.165, 1.54) is 13.2 Å². The van der Waals surface area contributed by atoms with Crippen LogP contribution in [0.3, 0.4) is 0 Å². The third-order valence-corrected chi connectivity index (χ3v) is 0.959. The smallest absolute Gasteiger partial charge is 0.120 e. The van der Waals surface area contributed by atoms with E-state index >= 15 is 0 Å². The molecular formula is C7H13NO2. The summed E-state index contributed by atoms with van der Waals surface area (Å²) in [4.78, 5) is 0. The van der Waals surface area contributed by atoms with E-state index in [0.717, 1.165) is 0 Å². The zero-order valence-corrected chi connectivity index (χ0v) is 6.29. The van der Waals surface area contributed by atoms with Crippen LogP contribution in [-0.2, 0) is 4.74 Å². The Balaban J connectivity index is 3.90. The molecule has 0 amide bonds. The maximum atomic E-state index is 8.97. The van der Waals surface area contributed by atoms with Gasteiger partial charge in [-0.15, -0.1) is 0 Å². The van der Waals surface area contributed by atoms with Crippen LogP contribution in [0, 0.1) is 0 Å². The standard InChI is InChI=1S/C7H13NO2/c1-3-6(8)4-7(9)5-10-2/h3-4,9H,5,8H2,1-2H3/b6-3+,7-4+. The van der Waals surface area contributed by atoms with Crippen molar-refractivity contribution in [1.82, 2.24) is 0 Å². The molecule has 0 rings (SSSR count). The summed E-state index contributed by atoms with van der Waals surface area (Å²) in [5.74, 6) is 0.137. The molecule has 0 atom stereocenters. The highest BCUT2D eigenvalue weighted by Gasteiger charge is 1.89. The fraction of sp³-hybridized carbons (Fsp3) is 0.429. The molecule has 0 fully saturated rings. The number of hydrogen-bond donors (Lipinski definition) is 2. The molecule has 0 aliphatic heterocycles. The molecule has 0 aromatic carbocycles. The van der Waals surface area contributed by atoms with E-state index in [1.54, 1.807) is 13.0 Å². The fourth-order valence-corrected chi connectivity index (χ4v) is 0.465. The number of rotatable bonds is 3. The molecule has 0 unspecified atom stereocenters. The van der Waals surface area contributed by atoms with Crippen LogP contribution in [0.25, 0.3) is 0 Å². The maximum Gasteiger partial charge on any atom is 0.120 e. The SMILES string of the molecule is C/C=C(N)\C=C(\O)COC. The van der Waals surface area contributed by atoms with Crippen molar-refractivity contribution in [2.24, 2.45) is 5.73 Å². The Labute approximate surface area is 60.8 Å². The second kappa shape index (κ2) is 4.88. The molecule has 58 valence electrons. The van der Waals surface area contributed by atoms with Crippen molar-refractivity contribution in [2.75, 3.05) is 13.7 Å². The molecule has 3 N–H and O–H groups in total. The minimum Gasteiger partial charge on any atom is -0.510 e. The van der Waals surface area contributed by atoms with Gasteiger partial charge in [0.15, 0.2) is 0 Å². The lowest BCUT2D eigenvalue weighted by Crippen LogP contribution is -1.98. The highest BCUT2D eigenvalue weighted by atomic mass is 16.5. The molecule has 0 aliphatic rings. The van der Waals surface area contributed by atoms with Crippen LogP contribution in [-0.4, -0.2) is 18.8 Å². The van der Waals surface area contributed by atoms with Gasteiger partial charge >= 0.3 is 0 Å². The molecule has 3 nitrogen and oxygen atoms in total. The van der Waals surface area contributed by atoms with E-state index in [2.05, 4.69) is 4.74 Å². The van der Waals surface area contributed by atoms with Gasteiger partial charge in [-0.3, -0.25) is 0 Å². The summed E-state index contributed by atoms with van der Waals surface area (Å²) in [6.07, 6.45) is 3.16. The third-order valence-electron chi connectivity index (χ3n) is 0.959. The first-order chi connectivity index (χ1) is 4.70. The molecule has 0 radical (unpaired) electrons. The van der Waals surface area contributed by atoms with Gasteiger partial charge in [0.1, 0.15) is 12.4 Å². The number of methoxy groups -OCH3 is 1. The number of aliphatic hydroxyl groups excluding tert-OH is 1. The summed E-state index contributed by atoms with van der Waals surface area (Å²) < 4.78 is 4.65. The lowest BCUT2D eigenvalue weighted by atomic mass is 10.3. The quantitative estimate of drug-likeness (QED) is 0.456. The fourth-order valence-electron chi connectivity index (χ4n) is 0.465. The van der Waals surface area contributed by atoms with Gasteiger partial charge in [0, 0.05) is 18.9 Å². The third kappa shape index (κ3) is 3.97. The first kappa shape index (κ1) is 9.04. The summed E-state index contributed by atoms with van der Waals surface area (Å²) in [5.41, 5.74) is 5.91. The second-order valence-corrected chi connectivity index (χ2v) is 1.86. The zero-order valence-electron chi connectivity index (χ0n) is 6.29. The van der Waals surface area contributed by atoms with E-state index in [0.29, 0.717) is 5.70 Å². The number of aliphatic hydroxyl groups is 1. The molecular weight excluding hydrogens is 130 g/mol. The monoisotopic (exact) mass is 143 g/mol. The van der Waals surface area contributed by atoms with E-state index < -0.39 is 0 Å². The van der Waals surface area contributed by atoms with Crippen LogP contribution in [0.15, 0.2) is 23.6 Å². The molecule has 0 saturated heterocycles. The van der Waals surface area contributed by atoms with Crippen LogP contribution in [0.5, 0.6) is 0 Å². The Bertz CT molecular complexity index is 150. The van der Waals surface area contributed by atoms with Gasteiger partial charge in [-0.2, -0.15) is 0 Å². The molecule has 0 aliphatic carbocycles. The van der Waals surface area contributed by atoms with Crippen LogP contribution < -0.4 is 5.73 Å². The van der Waals surface area contributed by atoms with Crippen molar-refractivity contribution in [1.29, 1.82) is 0 Å². The van der Waals surface area contributed by atoms with Gasteiger partial charge in [0.2, 0.25) is 0 Å². The molecule has 0 heterocycles. The molecule has 10 heavy (non-hydrogen) atoms. The lowest BCUT2D eigenvalue weighted by molar-refractivity contribution is 0.183. The Kier molecular flexibility index (Phi) is 4.41. The number of hydrogen-bond acceptors (Lipinski definition) is 3. The Morgan fingerprint density at radius 3 is 2.70 bits per heavy atom. The van der Waals surface area contributed by atoms with Crippen LogP contribution in [0.4, 0.5) is 0 Å². The first-order valence-electron chi connectivity index (χ1n) is 3.01. The van der Waals surface area contributed by atoms with Crippen molar-refractivity contribution in [3.8, 4) is 0 Å². The van der Waals surface area contributed by atoms with Gasteiger partial charge in [0.25, 0.3) is 0 Å². The molecule has 0 aromatic rings. The van der Waals surface area contributed by atoms with Crippen LogP contribution in [0.1, 0.15) is 6.92 Å². The van der Waals surface area contributed by atoms with Gasteiger partial charge < -0.3 is 15.6 Å². The van der Waals surface area contributed by atoms with Crippen molar-refractivity contribution < 1.29 is 9.84 Å². The molecule has 0 bridgehead atoms. The topological polar surface area (TPSA) is 55.5 Å². The summed E-state index contributed by atoms with van der Waals surface area (Å²) in [6, 6.07) is 0. The number of nitrogens with two attached hydrogens (primary N) is 1. The normalized spacial score (nSPS) is 13.8. The Morgan fingerprint density at radius 1 is 1.70 bits per heavy atom. The predicted octanol–water partition coefficient (Wildman–Crippen LogP) is 0.937. The van der Waals surface area contributed by atoms with E-state index in [4.69, 9.17) is 10.8 Å². The highest BCUT2D eigenvalue weighted by Crippen LogP contribution is 1.93. The molecule has 0 saturated carbocycles.